The molecule has 1 aliphatic rings. The summed E-state index contributed by atoms with van der Waals surface area (Å²) in [4.78, 5) is 27.7. The molecule has 2 amide bonds. The first-order chi connectivity index (χ1) is 12.2. The van der Waals surface area contributed by atoms with Gasteiger partial charge in [-0.2, -0.15) is 0 Å². The molecule has 1 aromatic rings. The molecule has 0 saturated heterocycles. The summed E-state index contributed by atoms with van der Waals surface area (Å²) in [7, 11) is 3.45. The van der Waals surface area contributed by atoms with Crippen LogP contribution in [0, 0.1) is 0 Å². The summed E-state index contributed by atoms with van der Waals surface area (Å²) in [6.45, 7) is 5.50. The number of ether oxygens (including phenoxy) is 1. The minimum atomic E-state index is -0.559. The number of hydrogen-bond donors (Lipinski definition) is 0. The third-order valence-electron chi connectivity index (χ3n) is 4.99. The summed E-state index contributed by atoms with van der Waals surface area (Å²) in [5.74, 6) is 0.543. The maximum absolute atomic E-state index is 12.6. The van der Waals surface area contributed by atoms with Crippen LogP contribution in [0.4, 0.5) is 4.79 Å². The average Bonchev–Trinajstić information content (AvgIpc) is 2.60. The van der Waals surface area contributed by atoms with Crippen molar-refractivity contribution in [2.75, 3.05) is 20.6 Å². The molecule has 2 rings (SSSR count). The van der Waals surface area contributed by atoms with E-state index in [-0.39, 0.29) is 18.5 Å². The van der Waals surface area contributed by atoms with Gasteiger partial charge in [0.15, 0.2) is 0 Å². The lowest BCUT2D eigenvalue weighted by Gasteiger charge is -2.35. The zero-order valence-electron chi connectivity index (χ0n) is 16.7. The van der Waals surface area contributed by atoms with Crippen molar-refractivity contribution in [3.63, 3.8) is 0 Å². The third-order valence-corrected chi connectivity index (χ3v) is 4.99. The number of carbonyl (C=O) groups is 2. The number of rotatable bonds is 4. The monoisotopic (exact) mass is 360 g/mol. The molecule has 0 unspecified atom stereocenters. The Kier molecular flexibility index (Phi) is 6.68. The molecular weight excluding hydrogens is 328 g/mol. The van der Waals surface area contributed by atoms with Crippen molar-refractivity contribution in [3.8, 4) is 0 Å². The number of hydrogen-bond acceptors (Lipinski definition) is 3. The molecular formula is C21H32N2O3. The van der Waals surface area contributed by atoms with Crippen LogP contribution in [0.2, 0.25) is 0 Å². The van der Waals surface area contributed by atoms with Crippen molar-refractivity contribution in [1.29, 1.82) is 0 Å². The van der Waals surface area contributed by atoms with Gasteiger partial charge in [0, 0.05) is 20.1 Å². The van der Waals surface area contributed by atoms with Gasteiger partial charge in [0.1, 0.15) is 12.1 Å². The fourth-order valence-electron chi connectivity index (χ4n) is 3.44. The van der Waals surface area contributed by atoms with Crippen LogP contribution in [0.3, 0.4) is 0 Å². The molecule has 1 fully saturated rings. The number of likely N-dealkylation sites (N-methyl/N-ethyl adjacent to an activating group) is 2. The van der Waals surface area contributed by atoms with E-state index in [0.717, 1.165) is 25.7 Å². The molecule has 0 heterocycles. The first kappa shape index (κ1) is 20.3. The molecule has 0 radical (unpaired) electrons. The molecule has 0 aliphatic heterocycles. The molecule has 5 nitrogen and oxygen atoms in total. The smallest absolute Gasteiger partial charge is 0.410 e. The second-order valence-electron chi connectivity index (χ2n) is 8.26. The minimum absolute atomic E-state index is 0.0403. The van der Waals surface area contributed by atoms with Crippen LogP contribution in [0.25, 0.3) is 0 Å². The summed E-state index contributed by atoms with van der Waals surface area (Å²) < 4.78 is 5.30. The lowest BCUT2D eigenvalue weighted by molar-refractivity contribution is -0.133. The highest BCUT2D eigenvalue weighted by Crippen LogP contribution is 2.34. The van der Waals surface area contributed by atoms with Gasteiger partial charge in [-0.25, -0.2) is 4.79 Å². The first-order valence-electron chi connectivity index (χ1n) is 9.42. The minimum Gasteiger partial charge on any atom is -0.444 e. The van der Waals surface area contributed by atoms with E-state index in [9.17, 15) is 9.59 Å². The second kappa shape index (κ2) is 8.56. The van der Waals surface area contributed by atoms with Gasteiger partial charge in [0.25, 0.3) is 0 Å². The fourth-order valence-corrected chi connectivity index (χ4v) is 3.44. The maximum Gasteiger partial charge on any atom is 0.410 e. The van der Waals surface area contributed by atoms with Gasteiger partial charge in [-0.1, -0.05) is 30.3 Å². The molecule has 1 aromatic carbocycles. The highest BCUT2D eigenvalue weighted by Gasteiger charge is 2.29. The van der Waals surface area contributed by atoms with E-state index in [1.54, 1.807) is 7.05 Å². The molecule has 0 bridgehead atoms. The normalized spacial score (nSPS) is 20.3. The topological polar surface area (TPSA) is 49.9 Å². The molecule has 0 spiro atoms. The molecule has 0 aromatic heterocycles. The van der Waals surface area contributed by atoms with E-state index in [1.165, 1.54) is 10.5 Å². The highest BCUT2D eigenvalue weighted by molar-refractivity contribution is 5.82. The van der Waals surface area contributed by atoms with Crippen molar-refractivity contribution >= 4 is 12.0 Å². The summed E-state index contributed by atoms with van der Waals surface area (Å²) in [6, 6.07) is 10.8. The lowest BCUT2D eigenvalue weighted by Crippen LogP contribution is -2.46. The van der Waals surface area contributed by atoms with Gasteiger partial charge in [-0.15, -0.1) is 0 Å². The Morgan fingerprint density at radius 2 is 1.62 bits per heavy atom. The van der Waals surface area contributed by atoms with Crippen LogP contribution in [0.1, 0.15) is 57.9 Å². The zero-order chi connectivity index (χ0) is 19.3. The predicted molar refractivity (Wildman–Crippen MR) is 103 cm³/mol. The number of amides is 2. The van der Waals surface area contributed by atoms with Crippen LogP contribution in [0.5, 0.6) is 0 Å². The highest BCUT2D eigenvalue weighted by atomic mass is 16.6. The Bertz CT molecular complexity index is 601. The number of benzene rings is 1. The van der Waals surface area contributed by atoms with E-state index in [4.69, 9.17) is 4.74 Å². The third kappa shape index (κ3) is 5.75. The van der Waals surface area contributed by atoms with E-state index in [1.807, 2.05) is 38.8 Å². The van der Waals surface area contributed by atoms with Gasteiger partial charge in [-0.3, -0.25) is 4.79 Å². The largest absolute Gasteiger partial charge is 0.444 e. The van der Waals surface area contributed by atoms with E-state index in [2.05, 4.69) is 24.3 Å². The molecule has 1 saturated carbocycles. The van der Waals surface area contributed by atoms with Crippen LogP contribution in [-0.4, -0.2) is 54.1 Å². The Balaban J connectivity index is 1.83. The van der Waals surface area contributed by atoms with Crippen molar-refractivity contribution in [3.05, 3.63) is 35.9 Å². The summed E-state index contributed by atoms with van der Waals surface area (Å²) >= 11 is 0. The maximum atomic E-state index is 12.6. The van der Waals surface area contributed by atoms with Gasteiger partial charge >= 0.3 is 6.09 Å². The second-order valence-corrected chi connectivity index (χ2v) is 8.26. The molecule has 0 atom stereocenters. The zero-order valence-corrected chi connectivity index (χ0v) is 16.7. The van der Waals surface area contributed by atoms with Crippen LogP contribution in [0.15, 0.2) is 30.3 Å². The Morgan fingerprint density at radius 3 is 2.15 bits per heavy atom. The van der Waals surface area contributed by atoms with Crippen LogP contribution < -0.4 is 0 Å². The SMILES string of the molecule is CN(CC(=O)N(C)C1CCC(c2ccccc2)CC1)C(=O)OC(C)(C)C. The van der Waals surface area contributed by atoms with Crippen molar-refractivity contribution < 1.29 is 14.3 Å². The fraction of sp³-hybridized carbons (Fsp3) is 0.619. The average molecular weight is 360 g/mol. The molecule has 26 heavy (non-hydrogen) atoms. The summed E-state index contributed by atoms with van der Waals surface area (Å²) in [5.41, 5.74) is 0.834. The van der Waals surface area contributed by atoms with Crippen molar-refractivity contribution in [1.82, 2.24) is 9.80 Å². The number of carbonyl (C=O) groups excluding carboxylic acids is 2. The summed E-state index contributed by atoms with van der Waals surface area (Å²) in [5, 5.41) is 0. The standard InChI is InChI=1S/C21H32N2O3/c1-21(2,3)26-20(25)22(4)15-19(24)23(5)18-13-11-17(12-14-18)16-9-7-6-8-10-16/h6-10,17-18H,11-15H2,1-5H3. The molecule has 1 aliphatic carbocycles. The molecule has 5 heteroatoms. The van der Waals surface area contributed by atoms with Gasteiger partial charge in [-0.05, 0) is 57.9 Å². The van der Waals surface area contributed by atoms with E-state index < -0.39 is 11.7 Å². The Labute approximate surface area is 157 Å². The first-order valence-corrected chi connectivity index (χ1v) is 9.42. The molecule has 0 N–H and O–H groups in total. The Morgan fingerprint density at radius 1 is 1.04 bits per heavy atom. The summed E-state index contributed by atoms with van der Waals surface area (Å²) in [6.07, 6.45) is 3.71. The predicted octanol–water partition coefficient (Wildman–Crippen LogP) is 4.04. The van der Waals surface area contributed by atoms with Crippen LogP contribution in [-0.2, 0) is 9.53 Å². The molecule has 144 valence electrons. The van der Waals surface area contributed by atoms with E-state index in [0.29, 0.717) is 5.92 Å². The number of nitrogens with zero attached hydrogens (tertiary/aromatic N) is 2. The quantitative estimate of drug-likeness (QED) is 0.814. The van der Waals surface area contributed by atoms with Crippen molar-refractivity contribution in [2.45, 2.75) is 64.0 Å². The van der Waals surface area contributed by atoms with Crippen LogP contribution >= 0.6 is 0 Å². The van der Waals surface area contributed by atoms with Crippen molar-refractivity contribution in [2.24, 2.45) is 0 Å². The lowest BCUT2D eigenvalue weighted by atomic mass is 9.81. The van der Waals surface area contributed by atoms with Gasteiger partial charge in [0.2, 0.25) is 5.91 Å². The van der Waals surface area contributed by atoms with Gasteiger partial charge < -0.3 is 14.5 Å². The van der Waals surface area contributed by atoms with E-state index >= 15 is 0 Å². The Hall–Kier alpha value is -2.04. The van der Waals surface area contributed by atoms with Gasteiger partial charge in [0.05, 0.1) is 0 Å².